The second-order valence-electron chi connectivity index (χ2n) is 4.33. The van der Waals surface area contributed by atoms with Gasteiger partial charge in [-0.05, 0) is 17.5 Å². The largest absolute Gasteiger partial charge is 0.355 e. The van der Waals surface area contributed by atoms with Crippen LogP contribution in [0.2, 0.25) is 5.02 Å². The molecular weight excluding hydrogens is 302 g/mol. The molecule has 94 valence electrons. The van der Waals surface area contributed by atoms with Gasteiger partial charge in [-0.3, -0.25) is 4.79 Å². The molecule has 4 heteroatoms. The predicted molar refractivity (Wildman–Crippen MR) is 75.7 cm³/mol. The van der Waals surface area contributed by atoms with E-state index in [0.717, 1.165) is 5.56 Å². The van der Waals surface area contributed by atoms with Crippen LogP contribution in [0.3, 0.4) is 0 Å². The molecule has 0 spiro atoms. The zero-order valence-corrected chi connectivity index (χ0v) is 12.4. The van der Waals surface area contributed by atoms with E-state index in [9.17, 15) is 4.79 Å². The number of alkyl halides is 1. The summed E-state index contributed by atoms with van der Waals surface area (Å²) in [5.41, 5.74) is 0.863. The van der Waals surface area contributed by atoms with Crippen LogP contribution >= 0.6 is 27.5 Å². The summed E-state index contributed by atoms with van der Waals surface area (Å²) in [7, 11) is 0. The van der Waals surface area contributed by atoms with Crippen molar-refractivity contribution in [2.45, 2.75) is 25.1 Å². The summed E-state index contributed by atoms with van der Waals surface area (Å²) in [5, 5.41) is 3.54. The van der Waals surface area contributed by atoms with Gasteiger partial charge in [0.2, 0.25) is 5.91 Å². The third-order valence-corrected chi connectivity index (χ3v) is 4.28. The van der Waals surface area contributed by atoms with Gasteiger partial charge in [0.1, 0.15) is 0 Å². The van der Waals surface area contributed by atoms with E-state index in [1.807, 2.05) is 18.2 Å². The fourth-order valence-electron chi connectivity index (χ4n) is 1.32. The van der Waals surface area contributed by atoms with Crippen molar-refractivity contribution in [3.8, 4) is 0 Å². The quantitative estimate of drug-likeness (QED) is 0.828. The Morgan fingerprint density at radius 2 is 2.06 bits per heavy atom. The molecule has 0 aromatic heterocycles. The van der Waals surface area contributed by atoms with Crippen LogP contribution in [0.5, 0.6) is 0 Å². The van der Waals surface area contributed by atoms with Crippen molar-refractivity contribution in [2.24, 2.45) is 5.92 Å². The zero-order valence-electron chi connectivity index (χ0n) is 10.0. The second-order valence-corrected chi connectivity index (χ2v) is 5.92. The Morgan fingerprint density at radius 1 is 1.41 bits per heavy atom. The molecule has 1 amide bonds. The molecule has 0 saturated heterocycles. The highest BCUT2D eigenvalue weighted by atomic mass is 79.9. The molecule has 0 fully saturated rings. The molecular formula is C13H17BrClNO. The Kier molecular flexibility index (Phi) is 6.00. The van der Waals surface area contributed by atoms with E-state index in [1.165, 1.54) is 0 Å². The summed E-state index contributed by atoms with van der Waals surface area (Å²) in [6.45, 7) is 4.86. The lowest BCUT2D eigenvalue weighted by Crippen LogP contribution is -2.32. The Bertz CT molecular complexity index is 381. The van der Waals surface area contributed by atoms with Gasteiger partial charge in [0.25, 0.3) is 0 Å². The molecule has 1 N–H and O–H groups in total. The molecule has 1 aromatic carbocycles. The third-order valence-electron chi connectivity index (χ3n) is 2.53. The monoisotopic (exact) mass is 317 g/mol. The van der Waals surface area contributed by atoms with E-state index in [2.05, 4.69) is 35.1 Å². The SMILES string of the molecule is CC(C)C(Br)CNC(=O)Cc1ccccc1Cl. The molecule has 2 nitrogen and oxygen atoms in total. The lowest BCUT2D eigenvalue weighted by atomic mass is 10.1. The molecule has 1 unspecified atom stereocenters. The van der Waals surface area contributed by atoms with E-state index in [4.69, 9.17) is 11.6 Å². The van der Waals surface area contributed by atoms with Gasteiger partial charge in [-0.15, -0.1) is 0 Å². The van der Waals surface area contributed by atoms with Crippen molar-refractivity contribution in [2.75, 3.05) is 6.54 Å². The van der Waals surface area contributed by atoms with Crippen LogP contribution in [-0.4, -0.2) is 17.3 Å². The third kappa shape index (κ3) is 5.09. The predicted octanol–water partition coefficient (Wildman–Crippen LogP) is 3.42. The topological polar surface area (TPSA) is 29.1 Å². The fourth-order valence-corrected chi connectivity index (χ4v) is 1.69. The van der Waals surface area contributed by atoms with Crippen molar-refractivity contribution in [1.29, 1.82) is 0 Å². The number of benzene rings is 1. The smallest absolute Gasteiger partial charge is 0.224 e. The maximum absolute atomic E-state index is 11.7. The maximum atomic E-state index is 11.7. The molecule has 0 bridgehead atoms. The molecule has 0 heterocycles. The molecule has 17 heavy (non-hydrogen) atoms. The van der Waals surface area contributed by atoms with E-state index >= 15 is 0 Å². The second kappa shape index (κ2) is 7.02. The molecule has 0 aliphatic heterocycles. The average Bonchev–Trinajstić information content (AvgIpc) is 2.29. The van der Waals surface area contributed by atoms with Gasteiger partial charge in [0, 0.05) is 16.4 Å². The number of carbonyl (C=O) groups is 1. The summed E-state index contributed by atoms with van der Waals surface area (Å²) < 4.78 is 0. The summed E-state index contributed by atoms with van der Waals surface area (Å²) >= 11 is 9.52. The Labute approximate surface area is 116 Å². The average molecular weight is 319 g/mol. The van der Waals surface area contributed by atoms with Crippen molar-refractivity contribution in [3.63, 3.8) is 0 Å². The van der Waals surface area contributed by atoms with Crippen LogP contribution in [0, 0.1) is 5.92 Å². The normalized spacial score (nSPS) is 12.5. The number of nitrogens with one attached hydrogen (secondary N) is 1. The van der Waals surface area contributed by atoms with E-state index < -0.39 is 0 Å². The van der Waals surface area contributed by atoms with Crippen molar-refractivity contribution < 1.29 is 4.79 Å². The minimum Gasteiger partial charge on any atom is -0.355 e. The lowest BCUT2D eigenvalue weighted by molar-refractivity contribution is -0.120. The van der Waals surface area contributed by atoms with Crippen LogP contribution in [0.15, 0.2) is 24.3 Å². The van der Waals surface area contributed by atoms with E-state index in [0.29, 0.717) is 28.7 Å². The van der Waals surface area contributed by atoms with Crippen LogP contribution in [0.1, 0.15) is 19.4 Å². The van der Waals surface area contributed by atoms with Crippen molar-refractivity contribution >= 4 is 33.4 Å². The Morgan fingerprint density at radius 3 is 2.65 bits per heavy atom. The summed E-state index contributed by atoms with van der Waals surface area (Å²) in [6.07, 6.45) is 0.331. The van der Waals surface area contributed by atoms with E-state index in [-0.39, 0.29) is 5.91 Å². The molecule has 1 atom stereocenters. The van der Waals surface area contributed by atoms with Crippen LogP contribution in [-0.2, 0) is 11.2 Å². The first kappa shape index (κ1) is 14.5. The first-order valence-electron chi connectivity index (χ1n) is 5.65. The van der Waals surface area contributed by atoms with Gasteiger partial charge < -0.3 is 5.32 Å². The first-order chi connectivity index (χ1) is 8.00. The van der Waals surface area contributed by atoms with Crippen LogP contribution < -0.4 is 5.32 Å². The Hall–Kier alpha value is -0.540. The highest BCUT2D eigenvalue weighted by Gasteiger charge is 2.11. The standard InChI is InChI=1S/C13H17BrClNO/c1-9(2)11(14)8-16-13(17)7-10-5-3-4-6-12(10)15/h3-6,9,11H,7-8H2,1-2H3,(H,16,17). The summed E-state index contributed by atoms with van der Waals surface area (Å²) in [4.78, 5) is 12.0. The van der Waals surface area contributed by atoms with Crippen LogP contribution in [0.4, 0.5) is 0 Å². The van der Waals surface area contributed by atoms with Crippen LogP contribution in [0.25, 0.3) is 0 Å². The lowest BCUT2D eigenvalue weighted by Gasteiger charge is -2.14. The van der Waals surface area contributed by atoms with Gasteiger partial charge in [-0.1, -0.05) is 59.6 Å². The highest BCUT2D eigenvalue weighted by molar-refractivity contribution is 9.09. The van der Waals surface area contributed by atoms with Gasteiger partial charge >= 0.3 is 0 Å². The summed E-state index contributed by atoms with van der Waals surface area (Å²) in [5.74, 6) is 0.499. The molecule has 0 aliphatic rings. The molecule has 0 radical (unpaired) electrons. The highest BCUT2D eigenvalue weighted by Crippen LogP contribution is 2.15. The van der Waals surface area contributed by atoms with Gasteiger partial charge in [-0.2, -0.15) is 0 Å². The van der Waals surface area contributed by atoms with Crippen molar-refractivity contribution in [3.05, 3.63) is 34.9 Å². The van der Waals surface area contributed by atoms with Gasteiger partial charge in [0.05, 0.1) is 6.42 Å². The number of hydrogen-bond acceptors (Lipinski definition) is 1. The summed E-state index contributed by atoms with van der Waals surface area (Å²) in [6, 6.07) is 7.41. The van der Waals surface area contributed by atoms with E-state index in [1.54, 1.807) is 6.07 Å². The number of hydrogen-bond donors (Lipinski definition) is 1. The fraction of sp³-hybridized carbons (Fsp3) is 0.462. The van der Waals surface area contributed by atoms with Gasteiger partial charge in [0.15, 0.2) is 0 Å². The first-order valence-corrected chi connectivity index (χ1v) is 6.94. The van der Waals surface area contributed by atoms with Crippen molar-refractivity contribution in [1.82, 2.24) is 5.32 Å². The number of halogens is 2. The zero-order chi connectivity index (χ0) is 12.8. The number of carbonyl (C=O) groups excluding carboxylic acids is 1. The van der Waals surface area contributed by atoms with Gasteiger partial charge in [-0.25, -0.2) is 0 Å². The number of rotatable bonds is 5. The Balaban J connectivity index is 2.43. The molecule has 1 rings (SSSR count). The minimum atomic E-state index is 0.00296. The molecule has 0 saturated carbocycles. The molecule has 1 aromatic rings. The minimum absolute atomic E-state index is 0.00296. The maximum Gasteiger partial charge on any atom is 0.224 e. The molecule has 0 aliphatic carbocycles. The number of amides is 1.